The molecule has 0 heterocycles. The van der Waals surface area contributed by atoms with Crippen LogP contribution in [0, 0.1) is 0 Å². The number of rotatable bonds is 10. The maximum absolute atomic E-state index is 6.18. The van der Waals surface area contributed by atoms with Crippen molar-refractivity contribution in [2.24, 2.45) is 0 Å². The second kappa shape index (κ2) is 9.92. The summed E-state index contributed by atoms with van der Waals surface area (Å²) in [4.78, 5) is 0. The van der Waals surface area contributed by atoms with Crippen LogP contribution in [-0.2, 0) is 9.16 Å². The first kappa shape index (κ1) is 17.1. The van der Waals surface area contributed by atoms with Crippen molar-refractivity contribution in [1.82, 2.24) is 0 Å². The van der Waals surface area contributed by atoms with E-state index in [4.69, 9.17) is 9.16 Å². The molecule has 2 unspecified atom stereocenters. The zero-order valence-electron chi connectivity index (χ0n) is 13.1. The minimum absolute atomic E-state index is 0.401. The van der Waals surface area contributed by atoms with Crippen molar-refractivity contribution < 1.29 is 9.16 Å². The first-order valence-electron chi connectivity index (χ1n) is 7.63. The Morgan fingerprint density at radius 2 is 2.05 bits per heavy atom. The molecule has 0 aliphatic carbocycles. The summed E-state index contributed by atoms with van der Waals surface area (Å²) in [6, 6.07) is 9.61. The Balaban J connectivity index is 2.55. The first-order valence-corrected chi connectivity index (χ1v) is 9.74. The first-order chi connectivity index (χ1) is 9.72. The molecule has 1 aromatic carbocycles. The zero-order chi connectivity index (χ0) is 14.8. The molecule has 1 rings (SSSR count). The molecular formula is C17H28O2Si. The largest absolute Gasteiger partial charge is 0.417 e. The minimum atomic E-state index is -1.20. The van der Waals surface area contributed by atoms with Crippen LogP contribution in [-0.4, -0.2) is 28.5 Å². The lowest BCUT2D eigenvalue weighted by Crippen LogP contribution is -2.27. The van der Waals surface area contributed by atoms with Crippen molar-refractivity contribution in [3.63, 3.8) is 0 Å². The quantitative estimate of drug-likeness (QED) is 0.603. The van der Waals surface area contributed by atoms with Gasteiger partial charge in [-0.15, -0.1) is 0 Å². The van der Waals surface area contributed by atoms with E-state index in [9.17, 15) is 0 Å². The SMILES string of the molecule is C=Cc1ccccc1C(C)CO[SiH](CCC)COCC. The highest BCUT2D eigenvalue weighted by molar-refractivity contribution is 6.51. The van der Waals surface area contributed by atoms with Crippen LogP contribution in [0.15, 0.2) is 30.8 Å². The van der Waals surface area contributed by atoms with E-state index in [1.807, 2.05) is 13.0 Å². The van der Waals surface area contributed by atoms with Crippen molar-refractivity contribution >= 4 is 15.1 Å². The molecule has 0 amide bonds. The molecule has 0 fully saturated rings. The van der Waals surface area contributed by atoms with Crippen LogP contribution in [0.25, 0.3) is 6.08 Å². The highest BCUT2D eigenvalue weighted by Crippen LogP contribution is 2.21. The Kier molecular flexibility index (Phi) is 8.50. The molecule has 0 aliphatic rings. The van der Waals surface area contributed by atoms with E-state index in [2.05, 4.69) is 44.7 Å². The van der Waals surface area contributed by atoms with Gasteiger partial charge < -0.3 is 9.16 Å². The van der Waals surface area contributed by atoms with Gasteiger partial charge in [0.1, 0.15) is 0 Å². The maximum Gasteiger partial charge on any atom is 0.202 e. The monoisotopic (exact) mass is 292 g/mol. The van der Waals surface area contributed by atoms with E-state index in [1.54, 1.807) is 0 Å². The summed E-state index contributed by atoms with van der Waals surface area (Å²) in [5.74, 6) is 0.401. The summed E-state index contributed by atoms with van der Waals surface area (Å²) in [5, 5.41) is 0. The summed E-state index contributed by atoms with van der Waals surface area (Å²) >= 11 is 0. The van der Waals surface area contributed by atoms with Gasteiger partial charge in [-0.1, -0.05) is 57.2 Å². The number of hydrogen-bond donors (Lipinski definition) is 0. The Hall–Kier alpha value is -0.903. The van der Waals surface area contributed by atoms with Gasteiger partial charge in [0.2, 0.25) is 9.04 Å². The Labute approximate surface area is 125 Å². The summed E-state index contributed by atoms with van der Waals surface area (Å²) in [7, 11) is -1.20. The van der Waals surface area contributed by atoms with Gasteiger partial charge in [0.05, 0.1) is 6.23 Å². The van der Waals surface area contributed by atoms with E-state index in [-0.39, 0.29) is 0 Å². The van der Waals surface area contributed by atoms with Crippen molar-refractivity contribution in [3.8, 4) is 0 Å². The van der Waals surface area contributed by atoms with Gasteiger partial charge in [-0.25, -0.2) is 0 Å². The summed E-state index contributed by atoms with van der Waals surface area (Å²) in [5.41, 5.74) is 2.53. The van der Waals surface area contributed by atoms with E-state index < -0.39 is 9.04 Å². The highest BCUT2D eigenvalue weighted by atomic mass is 28.3. The van der Waals surface area contributed by atoms with Crippen LogP contribution in [0.4, 0.5) is 0 Å². The van der Waals surface area contributed by atoms with Crippen molar-refractivity contribution in [2.45, 2.75) is 39.2 Å². The fraction of sp³-hybridized carbons (Fsp3) is 0.529. The van der Waals surface area contributed by atoms with E-state index in [0.717, 1.165) is 19.4 Å². The van der Waals surface area contributed by atoms with Crippen molar-refractivity contribution in [3.05, 3.63) is 42.0 Å². The molecule has 0 saturated carbocycles. The lowest BCUT2D eigenvalue weighted by atomic mass is 9.96. The minimum Gasteiger partial charge on any atom is -0.417 e. The fourth-order valence-corrected chi connectivity index (χ4v) is 4.43. The topological polar surface area (TPSA) is 18.5 Å². The lowest BCUT2D eigenvalue weighted by molar-refractivity contribution is 0.169. The zero-order valence-corrected chi connectivity index (χ0v) is 14.3. The highest BCUT2D eigenvalue weighted by Gasteiger charge is 2.15. The smallest absolute Gasteiger partial charge is 0.202 e. The van der Waals surface area contributed by atoms with Crippen LogP contribution in [0.1, 0.15) is 44.2 Å². The van der Waals surface area contributed by atoms with Gasteiger partial charge >= 0.3 is 0 Å². The molecule has 0 saturated heterocycles. The number of benzene rings is 1. The summed E-state index contributed by atoms with van der Waals surface area (Å²) in [6.07, 6.45) is 3.94. The molecule has 0 radical (unpaired) electrons. The molecule has 0 aromatic heterocycles. The van der Waals surface area contributed by atoms with Crippen LogP contribution < -0.4 is 0 Å². The molecule has 2 atom stereocenters. The van der Waals surface area contributed by atoms with Crippen LogP contribution in [0.3, 0.4) is 0 Å². The third kappa shape index (κ3) is 5.61. The standard InChI is InChI=1S/C17H28O2Si/c1-5-12-20(14-18-7-3)19-13-15(4)17-11-9-8-10-16(17)6-2/h6,8-11,15,20H,2,5,7,12-14H2,1,3-4H3. The molecule has 2 nitrogen and oxygen atoms in total. The molecular weight excluding hydrogens is 264 g/mol. The molecule has 3 heteroatoms. The Morgan fingerprint density at radius 3 is 2.70 bits per heavy atom. The van der Waals surface area contributed by atoms with Crippen LogP contribution in [0.2, 0.25) is 6.04 Å². The van der Waals surface area contributed by atoms with E-state index in [0.29, 0.717) is 5.92 Å². The van der Waals surface area contributed by atoms with E-state index in [1.165, 1.54) is 23.6 Å². The fourth-order valence-electron chi connectivity index (χ4n) is 2.30. The van der Waals surface area contributed by atoms with Crippen LogP contribution in [0.5, 0.6) is 0 Å². The van der Waals surface area contributed by atoms with Gasteiger partial charge in [0.25, 0.3) is 0 Å². The lowest BCUT2D eigenvalue weighted by Gasteiger charge is -2.20. The molecule has 112 valence electrons. The van der Waals surface area contributed by atoms with Crippen molar-refractivity contribution in [2.75, 3.05) is 19.4 Å². The average molecular weight is 292 g/mol. The number of ether oxygens (including phenoxy) is 1. The summed E-state index contributed by atoms with van der Waals surface area (Å²) in [6.45, 7) is 11.9. The molecule has 0 N–H and O–H groups in total. The van der Waals surface area contributed by atoms with Gasteiger partial charge in [0.15, 0.2) is 0 Å². The predicted molar refractivity (Wildman–Crippen MR) is 89.6 cm³/mol. The molecule has 0 spiro atoms. The Morgan fingerprint density at radius 1 is 1.30 bits per heavy atom. The van der Waals surface area contributed by atoms with Crippen LogP contribution >= 0.6 is 0 Å². The van der Waals surface area contributed by atoms with Gasteiger partial charge in [-0.05, 0) is 24.1 Å². The molecule has 1 aromatic rings. The second-order valence-electron chi connectivity index (χ2n) is 5.14. The Bertz CT molecular complexity index is 392. The van der Waals surface area contributed by atoms with Gasteiger partial charge in [-0.2, -0.15) is 0 Å². The normalized spacial score (nSPS) is 13.9. The molecule has 0 aliphatic heterocycles. The van der Waals surface area contributed by atoms with Gasteiger partial charge in [-0.3, -0.25) is 0 Å². The van der Waals surface area contributed by atoms with E-state index >= 15 is 0 Å². The predicted octanol–water partition coefficient (Wildman–Crippen LogP) is 4.16. The number of hydrogen-bond acceptors (Lipinski definition) is 2. The van der Waals surface area contributed by atoms with Gasteiger partial charge in [0, 0.05) is 19.1 Å². The van der Waals surface area contributed by atoms with Crippen molar-refractivity contribution in [1.29, 1.82) is 0 Å². The third-order valence-corrected chi connectivity index (χ3v) is 5.94. The average Bonchev–Trinajstić information content (AvgIpc) is 2.49. The molecule has 0 bridgehead atoms. The molecule has 20 heavy (non-hydrogen) atoms. The summed E-state index contributed by atoms with van der Waals surface area (Å²) < 4.78 is 11.7. The second-order valence-corrected chi connectivity index (χ2v) is 7.63. The third-order valence-electron chi connectivity index (χ3n) is 3.45. The maximum atomic E-state index is 6.18.